The van der Waals surface area contributed by atoms with Crippen LogP contribution >= 0.6 is 11.8 Å². The Hall–Kier alpha value is -2.12. The van der Waals surface area contributed by atoms with Gasteiger partial charge in [-0.25, -0.2) is 8.42 Å². The molecule has 0 unspecified atom stereocenters. The summed E-state index contributed by atoms with van der Waals surface area (Å²) in [5, 5.41) is 8.75. The molecule has 5 nitrogen and oxygen atoms in total. The van der Waals surface area contributed by atoms with Gasteiger partial charge in [0, 0.05) is 5.75 Å². The third-order valence-corrected chi connectivity index (χ3v) is 6.51. The molecule has 1 heterocycles. The molecular formula is C17H17N3O2S2. The lowest BCUT2D eigenvalue weighted by molar-refractivity contribution is 0.597. The standard InChI is InChI=1S/C17H17N3O2S2/c1-14-7-5-6-10-16(14)20-13-18-19-17(20)23-11-12-24(21,22)15-8-3-2-4-9-15/h2-10,13H,11-12H2,1H3. The van der Waals surface area contributed by atoms with E-state index in [-0.39, 0.29) is 5.75 Å². The van der Waals surface area contributed by atoms with Gasteiger partial charge < -0.3 is 0 Å². The van der Waals surface area contributed by atoms with E-state index in [2.05, 4.69) is 10.2 Å². The predicted octanol–water partition coefficient (Wildman–Crippen LogP) is 3.14. The molecule has 0 N–H and O–H groups in total. The van der Waals surface area contributed by atoms with Crippen LogP contribution < -0.4 is 0 Å². The fraction of sp³-hybridized carbons (Fsp3) is 0.176. The van der Waals surface area contributed by atoms with Gasteiger partial charge in [-0.05, 0) is 30.7 Å². The molecule has 0 atom stereocenters. The largest absolute Gasteiger partial charge is 0.276 e. The maximum atomic E-state index is 12.3. The molecule has 0 saturated carbocycles. The van der Waals surface area contributed by atoms with Gasteiger partial charge in [-0.15, -0.1) is 10.2 Å². The number of nitrogens with zero attached hydrogens (tertiary/aromatic N) is 3. The third-order valence-electron chi connectivity index (χ3n) is 3.58. The number of para-hydroxylation sites is 1. The molecule has 0 spiro atoms. The molecule has 124 valence electrons. The zero-order chi connectivity index (χ0) is 17.0. The molecule has 2 aromatic carbocycles. The van der Waals surface area contributed by atoms with Crippen LogP contribution in [0, 0.1) is 6.92 Å². The van der Waals surface area contributed by atoms with Crippen molar-refractivity contribution in [3.63, 3.8) is 0 Å². The van der Waals surface area contributed by atoms with Crippen molar-refractivity contribution in [1.29, 1.82) is 0 Å². The number of thioether (sulfide) groups is 1. The molecule has 3 aromatic rings. The fourth-order valence-electron chi connectivity index (χ4n) is 2.31. The van der Waals surface area contributed by atoms with Gasteiger partial charge in [0.15, 0.2) is 15.0 Å². The van der Waals surface area contributed by atoms with Gasteiger partial charge in [-0.1, -0.05) is 48.2 Å². The number of aryl methyl sites for hydroxylation is 1. The highest BCUT2D eigenvalue weighted by Gasteiger charge is 2.15. The van der Waals surface area contributed by atoms with Gasteiger partial charge in [0.1, 0.15) is 6.33 Å². The SMILES string of the molecule is Cc1ccccc1-n1cnnc1SCCS(=O)(=O)c1ccccc1. The molecule has 0 saturated heterocycles. The maximum absolute atomic E-state index is 12.3. The van der Waals surface area contributed by atoms with Gasteiger partial charge >= 0.3 is 0 Å². The summed E-state index contributed by atoms with van der Waals surface area (Å²) >= 11 is 1.39. The average molecular weight is 359 g/mol. The van der Waals surface area contributed by atoms with Crippen molar-refractivity contribution < 1.29 is 8.42 Å². The Kier molecular flexibility index (Phi) is 5.01. The monoisotopic (exact) mass is 359 g/mol. The molecule has 0 radical (unpaired) electrons. The first-order valence-corrected chi connectivity index (χ1v) is 10.1. The first kappa shape index (κ1) is 16.7. The number of rotatable bonds is 6. The van der Waals surface area contributed by atoms with Gasteiger partial charge in [0.2, 0.25) is 0 Å². The zero-order valence-electron chi connectivity index (χ0n) is 13.2. The Balaban J connectivity index is 1.71. The second kappa shape index (κ2) is 7.19. The number of hydrogen-bond donors (Lipinski definition) is 0. The second-order valence-corrected chi connectivity index (χ2v) is 8.42. The Morgan fingerprint density at radius 2 is 1.75 bits per heavy atom. The summed E-state index contributed by atoms with van der Waals surface area (Å²) in [5.74, 6) is 0.476. The second-order valence-electron chi connectivity index (χ2n) is 5.25. The first-order valence-electron chi connectivity index (χ1n) is 7.44. The van der Waals surface area contributed by atoms with Crippen molar-refractivity contribution in [2.75, 3.05) is 11.5 Å². The van der Waals surface area contributed by atoms with E-state index in [1.54, 1.807) is 36.7 Å². The number of hydrogen-bond acceptors (Lipinski definition) is 5. The van der Waals surface area contributed by atoms with E-state index < -0.39 is 9.84 Å². The summed E-state index contributed by atoms with van der Waals surface area (Å²) in [6.45, 7) is 2.02. The van der Waals surface area contributed by atoms with Crippen LogP contribution in [0.1, 0.15) is 5.56 Å². The molecule has 1 aromatic heterocycles. The van der Waals surface area contributed by atoms with Crippen molar-refractivity contribution >= 4 is 21.6 Å². The van der Waals surface area contributed by atoms with Crippen molar-refractivity contribution in [2.45, 2.75) is 17.0 Å². The van der Waals surface area contributed by atoms with E-state index in [1.807, 2.05) is 35.8 Å². The van der Waals surface area contributed by atoms with E-state index in [0.29, 0.717) is 15.8 Å². The number of benzene rings is 2. The molecular weight excluding hydrogens is 342 g/mol. The molecule has 0 amide bonds. The first-order chi connectivity index (χ1) is 11.6. The van der Waals surface area contributed by atoms with Gasteiger partial charge in [-0.2, -0.15) is 0 Å². The van der Waals surface area contributed by atoms with Crippen LogP contribution in [-0.4, -0.2) is 34.7 Å². The van der Waals surface area contributed by atoms with Crippen LogP contribution in [0.3, 0.4) is 0 Å². The molecule has 24 heavy (non-hydrogen) atoms. The Bertz CT molecular complexity index is 922. The van der Waals surface area contributed by atoms with Crippen LogP contribution in [0.25, 0.3) is 5.69 Å². The van der Waals surface area contributed by atoms with Crippen molar-refractivity contribution in [3.05, 3.63) is 66.5 Å². The normalized spacial score (nSPS) is 11.5. The lowest BCUT2D eigenvalue weighted by Gasteiger charge is -2.09. The van der Waals surface area contributed by atoms with Gasteiger partial charge in [0.05, 0.1) is 16.3 Å². The van der Waals surface area contributed by atoms with E-state index in [0.717, 1.165) is 11.3 Å². The summed E-state index contributed by atoms with van der Waals surface area (Å²) in [6.07, 6.45) is 1.65. The lowest BCUT2D eigenvalue weighted by atomic mass is 10.2. The molecule has 0 fully saturated rings. The molecule has 7 heteroatoms. The van der Waals surface area contributed by atoms with Gasteiger partial charge in [0.25, 0.3) is 0 Å². The molecule has 0 bridgehead atoms. The topological polar surface area (TPSA) is 64.8 Å². The zero-order valence-corrected chi connectivity index (χ0v) is 14.8. The van der Waals surface area contributed by atoms with Gasteiger partial charge in [-0.3, -0.25) is 4.57 Å². The minimum atomic E-state index is -3.28. The molecule has 0 aliphatic heterocycles. The predicted molar refractivity (Wildman–Crippen MR) is 95.3 cm³/mol. The fourth-order valence-corrected chi connectivity index (χ4v) is 4.90. The minimum Gasteiger partial charge on any atom is -0.276 e. The third kappa shape index (κ3) is 3.68. The van der Waals surface area contributed by atoms with E-state index in [1.165, 1.54) is 11.8 Å². The maximum Gasteiger partial charge on any atom is 0.195 e. The smallest absolute Gasteiger partial charge is 0.195 e. The summed E-state index contributed by atoms with van der Waals surface area (Å²) in [6, 6.07) is 16.4. The summed E-state index contributed by atoms with van der Waals surface area (Å²) < 4.78 is 26.5. The minimum absolute atomic E-state index is 0.0578. The van der Waals surface area contributed by atoms with Crippen LogP contribution in [0.2, 0.25) is 0 Å². The van der Waals surface area contributed by atoms with Crippen molar-refractivity contribution in [3.8, 4) is 5.69 Å². The Morgan fingerprint density at radius 3 is 2.50 bits per heavy atom. The average Bonchev–Trinajstić information content (AvgIpc) is 3.04. The summed E-state index contributed by atoms with van der Waals surface area (Å²) in [5.41, 5.74) is 2.10. The lowest BCUT2D eigenvalue weighted by Crippen LogP contribution is -2.09. The van der Waals surface area contributed by atoms with E-state index in [9.17, 15) is 8.42 Å². The number of sulfone groups is 1. The quantitative estimate of drug-likeness (QED) is 0.633. The molecule has 3 rings (SSSR count). The van der Waals surface area contributed by atoms with Crippen LogP contribution in [-0.2, 0) is 9.84 Å². The molecule has 0 aliphatic carbocycles. The Labute approximate surface area is 145 Å². The summed E-state index contributed by atoms with van der Waals surface area (Å²) in [7, 11) is -3.28. The highest BCUT2D eigenvalue weighted by atomic mass is 32.2. The van der Waals surface area contributed by atoms with E-state index in [4.69, 9.17) is 0 Å². The van der Waals surface area contributed by atoms with Crippen LogP contribution in [0.4, 0.5) is 0 Å². The van der Waals surface area contributed by atoms with Crippen molar-refractivity contribution in [1.82, 2.24) is 14.8 Å². The summed E-state index contributed by atoms with van der Waals surface area (Å²) in [4.78, 5) is 0.353. The highest BCUT2D eigenvalue weighted by molar-refractivity contribution is 8.00. The van der Waals surface area contributed by atoms with Crippen LogP contribution in [0.15, 0.2) is 71.0 Å². The van der Waals surface area contributed by atoms with E-state index >= 15 is 0 Å². The highest BCUT2D eigenvalue weighted by Crippen LogP contribution is 2.22. The Morgan fingerprint density at radius 1 is 1.04 bits per heavy atom. The number of aromatic nitrogens is 3. The van der Waals surface area contributed by atoms with Crippen LogP contribution in [0.5, 0.6) is 0 Å². The molecule has 0 aliphatic rings. The van der Waals surface area contributed by atoms with Crippen molar-refractivity contribution in [2.24, 2.45) is 0 Å².